The number of aromatic hydroxyl groups is 3. The van der Waals surface area contributed by atoms with Crippen LogP contribution in [0, 0.1) is 0 Å². The quantitative estimate of drug-likeness (QED) is 0.224. The van der Waals surface area contributed by atoms with E-state index in [4.69, 9.17) is 30.0 Å². The van der Waals surface area contributed by atoms with Crippen LogP contribution in [0.5, 0.6) is 17.2 Å². The zero-order valence-corrected chi connectivity index (χ0v) is 29.1. The molecule has 0 saturated heterocycles. The second-order valence-electron chi connectivity index (χ2n) is 14.3. The minimum absolute atomic E-state index is 0.0227. The lowest BCUT2D eigenvalue weighted by molar-refractivity contribution is 0.389. The van der Waals surface area contributed by atoms with E-state index in [-0.39, 0.29) is 53.5 Å². The van der Waals surface area contributed by atoms with E-state index in [0.717, 1.165) is 77.0 Å². The van der Waals surface area contributed by atoms with Gasteiger partial charge < -0.3 is 15.3 Å². The molecule has 3 fully saturated rings. The molecule has 6 bridgehead atoms. The minimum atomic E-state index is -0.0227. The van der Waals surface area contributed by atoms with E-state index in [2.05, 4.69) is 0 Å². The van der Waals surface area contributed by atoms with Gasteiger partial charge >= 0.3 is 0 Å². The lowest BCUT2D eigenvalue weighted by Crippen LogP contribution is -2.27. The second-order valence-corrected chi connectivity index (χ2v) is 14.3. The SMILES string of the molecule is Oc1c2cccc1C=N[C@@H]1CCCC[C@H]1N=Cc1cccc(c1O)C=N[C@@H]1CCCC[C@H]1N=Cc1cccc(c1O)C=N[C@@H]1CCCC[C@H]1N=C2. The first-order valence-electron chi connectivity index (χ1n) is 18.7. The molecule has 3 saturated carbocycles. The van der Waals surface area contributed by atoms with E-state index in [1.807, 2.05) is 54.6 Å². The van der Waals surface area contributed by atoms with E-state index in [1.54, 1.807) is 37.3 Å². The van der Waals surface area contributed by atoms with Crippen molar-refractivity contribution < 1.29 is 15.3 Å². The molecule has 51 heavy (non-hydrogen) atoms. The van der Waals surface area contributed by atoms with Crippen LogP contribution in [0.2, 0.25) is 0 Å². The Labute approximate surface area is 300 Å². The number of hydrogen-bond donors (Lipinski definition) is 3. The Kier molecular flexibility index (Phi) is 11.1. The van der Waals surface area contributed by atoms with Crippen LogP contribution in [0.25, 0.3) is 0 Å². The summed E-state index contributed by atoms with van der Waals surface area (Å²) in [6.45, 7) is 0. The molecule has 3 aromatic rings. The number of nitrogens with zero attached hydrogens (tertiary/aromatic N) is 6. The van der Waals surface area contributed by atoms with Gasteiger partial charge in [0.2, 0.25) is 0 Å². The molecule has 3 aliphatic carbocycles. The van der Waals surface area contributed by atoms with Gasteiger partial charge in [0.05, 0.1) is 36.3 Å². The Morgan fingerprint density at radius 2 is 0.490 bits per heavy atom. The van der Waals surface area contributed by atoms with Gasteiger partial charge in [-0.1, -0.05) is 56.7 Å². The van der Waals surface area contributed by atoms with Crippen molar-refractivity contribution in [2.45, 2.75) is 113 Å². The third-order valence-electron chi connectivity index (χ3n) is 10.8. The molecule has 0 radical (unpaired) electrons. The fourth-order valence-corrected chi connectivity index (χ4v) is 7.74. The Balaban J connectivity index is 1.25. The van der Waals surface area contributed by atoms with Crippen molar-refractivity contribution in [3.63, 3.8) is 0 Å². The molecule has 1 aliphatic heterocycles. The fourth-order valence-electron chi connectivity index (χ4n) is 7.74. The van der Waals surface area contributed by atoms with Crippen molar-refractivity contribution in [2.75, 3.05) is 0 Å². The third-order valence-corrected chi connectivity index (χ3v) is 10.8. The zero-order chi connectivity index (χ0) is 35.0. The average Bonchev–Trinajstić information content (AvgIpc) is 3.16. The van der Waals surface area contributed by atoms with Gasteiger partial charge in [-0.25, -0.2) is 0 Å². The van der Waals surface area contributed by atoms with Crippen LogP contribution in [0.1, 0.15) is 110 Å². The highest BCUT2D eigenvalue weighted by atomic mass is 16.3. The van der Waals surface area contributed by atoms with Gasteiger partial charge in [-0.15, -0.1) is 0 Å². The molecule has 3 aromatic carbocycles. The van der Waals surface area contributed by atoms with Crippen LogP contribution in [0.4, 0.5) is 0 Å². The van der Waals surface area contributed by atoms with Crippen molar-refractivity contribution in [1.82, 2.24) is 0 Å². The van der Waals surface area contributed by atoms with Gasteiger partial charge in [0.25, 0.3) is 0 Å². The number of phenols is 3. The molecule has 7 rings (SSSR count). The summed E-state index contributed by atoms with van der Waals surface area (Å²) in [5.41, 5.74) is 3.87. The molecule has 6 atom stereocenters. The maximum Gasteiger partial charge on any atom is 0.133 e. The summed E-state index contributed by atoms with van der Waals surface area (Å²) in [6, 6.07) is 16.8. The number of rotatable bonds is 0. The maximum absolute atomic E-state index is 11.2. The monoisotopic (exact) mass is 684 g/mol. The van der Waals surface area contributed by atoms with E-state index in [1.165, 1.54) is 0 Å². The summed E-state index contributed by atoms with van der Waals surface area (Å²) in [4.78, 5) is 29.6. The lowest BCUT2D eigenvalue weighted by atomic mass is 9.91. The van der Waals surface area contributed by atoms with Crippen LogP contribution in [0.15, 0.2) is 84.6 Å². The van der Waals surface area contributed by atoms with E-state index in [0.29, 0.717) is 33.4 Å². The molecule has 0 unspecified atom stereocenters. The Bertz CT molecular complexity index is 1530. The molecular weight excluding hydrogens is 637 g/mol. The Morgan fingerprint density at radius 1 is 0.314 bits per heavy atom. The number of phenolic OH excluding ortho intramolecular Hbond substituents is 3. The van der Waals surface area contributed by atoms with Crippen molar-refractivity contribution in [3.05, 3.63) is 88.0 Å². The largest absolute Gasteiger partial charge is 0.507 e. The van der Waals surface area contributed by atoms with E-state index >= 15 is 0 Å². The highest BCUT2D eigenvalue weighted by Gasteiger charge is 2.26. The smallest absolute Gasteiger partial charge is 0.133 e. The van der Waals surface area contributed by atoms with Gasteiger partial charge in [-0.3, -0.25) is 30.0 Å². The second kappa shape index (κ2) is 16.4. The fraction of sp³-hybridized carbons (Fsp3) is 0.429. The molecule has 1 heterocycles. The highest BCUT2D eigenvalue weighted by Crippen LogP contribution is 2.30. The summed E-state index contributed by atoms with van der Waals surface area (Å²) in [6.07, 6.45) is 22.5. The molecule has 0 amide bonds. The first-order valence-corrected chi connectivity index (χ1v) is 18.7. The first-order chi connectivity index (χ1) is 25.0. The molecule has 264 valence electrons. The summed E-state index contributed by atoms with van der Waals surface area (Å²) in [5, 5.41) is 33.7. The third kappa shape index (κ3) is 8.35. The summed E-state index contributed by atoms with van der Waals surface area (Å²) in [5.74, 6) is 0.460. The van der Waals surface area contributed by atoms with Crippen LogP contribution >= 0.6 is 0 Å². The maximum atomic E-state index is 11.2. The summed E-state index contributed by atoms with van der Waals surface area (Å²) in [7, 11) is 0. The molecule has 9 nitrogen and oxygen atoms in total. The zero-order valence-electron chi connectivity index (χ0n) is 29.1. The number of aliphatic imine (C=N–C) groups is 6. The first kappa shape index (κ1) is 34.5. The minimum Gasteiger partial charge on any atom is -0.507 e. The van der Waals surface area contributed by atoms with Crippen LogP contribution in [-0.2, 0) is 0 Å². The van der Waals surface area contributed by atoms with Gasteiger partial charge in [-0.05, 0) is 74.9 Å². The molecule has 9 heteroatoms. The van der Waals surface area contributed by atoms with Gasteiger partial charge in [0, 0.05) is 70.7 Å². The van der Waals surface area contributed by atoms with Gasteiger partial charge in [0.15, 0.2) is 0 Å². The normalized spacial score (nSPS) is 26.8. The number of para-hydroxylation sites is 3. The number of benzene rings is 3. The van der Waals surface area contributed by atoms with Crippen molar-refractivity contribution in [2.24, 2.45) is 30.0 Å². The van der Waals surface area contributed by atoms with Crippen LogP contribution in [0.3, 0.4) is 0 Å². The van der Waals surface area contributed by atoms with Crippen molar-refractivity contribution >= 4 is 37.3 Å². The van der Waals surface area contributed by atoms with Crippen molar-refractivity contribution in [1.29, 1.82) is 0 Å². The molecule has 4 aliphatic rings. The standard InChI is InChI=1S/C42H48N6O3/c49-40-28-10-7-12-30(40)24-45-36-18-3-4-19-37(36)47-26-32-14-9-15-33(42(32)51)27-48-39-21-6-5-20-38(39)46-25-31-13-8-11-29(41(31)50)23-44-35-17-2-1-16-34(35)43-22-28/h7-15,22-27,34-39,49-51H,1-6,16-21H2/t34-,35-,36-,37-,38-,39-/m1/s1. The number of fused-ring (bicyclic) bond motifs is 9. The molecule has 0 spiro atoms. The number of hydrogen-bond acceptors (Lipinski definition) is 9. The van der Waals surface area contributed by atoms with Crippen LogP contribution in [-0.4, -0.2) is 88.9 Å². The molecule has 0 aromatic heterocycles. The summed E-state index contributed by atoms with van der Waals surface area (Å²) >= 11 is 0. The van der Waals surface area contributed by atoms with Crippen LogP contribution < -0.4 is 0 Å². The Hall–Kier alpha value is -4.92. The van der Waals surface area contributed by atoms with Gasteiger partial charge in [-0.2, -0.15) is 0 Å². The predicted octanol–water partition coefficient (Wildman–Crippen LogP) is 7.66. The topological polar surface area (TPSA) is 135 Å². The van der Waals surface area contributed by atoms with Gasteiger partial charge in [0.1, 0.15) is 17.2 Å². The van der Waals surface area contributed by atoms with E-state index in [9.17, 15) is 15.3 Å². The predicted molar refractivity (Wildman–Crippen MR) is 208 cm³/mol. The summed E-state index contributed by atoms with van der Waals surface area (Å²) < 4.78 is 0. The highest BCUT2D eigenvalue weighted by molar-refractivity contribution is 5.94. The van der Waals surface area contributed by atoms with E-state index < -0.39 is 0 Å². The molecule has 3 N–H and O–H groups in total. The Morgan fingerprint density at radius 3 is 0.667 bits per heavy atom. The average molecular weight is 685 g/mol. The lowest BCUT2D eigenvalue weighted by Gasteiger charge is -2.25. The van der Waals surface area contributed by atoms with Crippen molar-refractivity contribution in [3.8, 4) is 17.2 Å². The molecular formula is C42H48N6O3.